The summed E-state index contributed by atoms with van der Waals surface area (Å²) in [5.74, 6) is -0.0855. The van der Waals surface area contributed by atoms with Crippen LogP contribution in [0.1, 0.15) is 64.7 Å². The van der Waals surface area contributed by atoms with Crippen LogP contribution in [0.25, 0.3) is 0 Å². The maximum atomic E-state index is 14.0. The van der Waals surface area contributed by atoms with E-state index in [0.717, 1.165) is 12.0 Å². The Labute approximate surface area is 259 Å². The van der Waals surface area contributed by atoms with Gasteiger partial charge in [-0.05, 0) is 103 Å². The van der Waals surface area contributed by atoms with Gasteiger partial charge in [-0.25, -0.2) is 13.2 Å². The number of aryl methyl sites for hydroxylation is 3. The lowest BCUT2D eigenvalue weighted by molar-refractivity contribution is -0.160. The van der Waals surface area contributed by atoms with Crippen LogP contribution in [-0.4, -0.2) is 63.3 Å². The van der Waals surface area contributed by atoms with Crippen molar-refractivity contribution in [2.45, 2.75) is 90.4 Å². The molecule has 0 aliphatic carbocycles. The largest absolute Gasteiger partial charge is 0.497 e. The molecule has 0 saturated heterocycles. The molecule has 1 heterocycles. The van der Waals surface area contributed by atoms with Gasteiger partial charge in [0.05, 0.1) is 30.3 Å². The van der Waals surface area contributed by atoms with Crippen molar-refractivity contribution >= 4 is 43.6 Å². The number of carbonyl (C=O) groups excluding carboxylic acids is 2. The zero-order chi connectivity index (χ0) is 31.9. The number of benzene rings is 2. The first kappa shape index (κ1) is 35.6. The van der Waals surface area contributed by atoms with E-state index in [1.807, 2.05) is 45.0 Å². The lowest BCUT2D eigenvalue weighted by atomic mass is 9.98. The van der Waals surface area contributed by atoms with Crippen molar-refractivity contribution in [3.05, 3.63) is 53.1 Å². The number of hydrogen-bond acceptors (Lipinski definition) is 8. The predicted molar refractivity (Wildman–Crippen MR) is 167 cm³/mol. The number of nitrogens with zero attached hydrogens (tertiary/aromatic N) is 1. The number of rotatable bonds is 8. The summed E-state index contributed by atoms with van der Waals surface area (Å²) >= 11 is 2.99. The third-order valence-electron chi connectivity index (χ3n) is 5.97. The molecule has 0 amide bonds. The molecule has 3 rings (SSSR count). The molecular formula is C31H44BrNO8S. The molecule has 2 aromatic rings. The number of methoxy groups -OCH3 is 1. The second-order valence-electron chi connectivity index (χ2n) is 12.0. The van der Waals surface area contributed by atoms with Gasteiger partial charge in [0, 0.05) is 0 Å². The minimum atomic E-state index is -3.91. The Bertz CT molecular complexity index is 1320. The Hall–Kier alpha value is -2.63. The molecule has 2 aromatic carbocycles. The van der Waals surface area contributed by atoms with Crippen LogP contribution in [0.3, 0.4) is 0 Å². The van der Waals surface area contributed by atoms with Gasteiger partial charge < -0.3 is 18.9 Å². The highest BCUT2D eigenvalue weighted by atomic mass is 79.9. The number of alkyl halides is 1. The van der Waals surface area contributed by atoms with E-state index in [1.165, 1.54) is 4.31 Å². The molecule has 0 saturated carbocycles. The zero-order valence-corrected chi connectivity index (χ0v) is 28.5. The summed E-state index contributed by atoms with van der Waals surface area (Å²) in [6.45, 7) is 14.3. The average Bonchev–Trinajstić information content (AvgIpc) is 2.86. The maximum Gasteiger partial charge on any atom is 0.332 e. The van der Waals surface area contributed by atoms with E-state index >= 15 is 0 Å². The van der Waals surface area contributed by atoms with Crippen molar-refractivity contribution in [3.8, 4) is 5.75 Å². The molecule has 11 heteroatoms. The number of hydrogen-bond donors (Lipinski definition) is 0. The van der Waals surface area contributed by atoms with Crippen molar-refractivity contribution < 1.29 is 37.0 Å². The van der Waals surface area contributed by atoms with E-state index in [0.29, 0.717) is 29.0 Å². The fourth-order valence-electron chi connectivity index (χ4n) is 4.60. The van der Waals surface area contributed by atoms with Crippen LogP contribution in [0, 0.1) is 13.8 Å². The SMILES string of the molecule is CC(C)(C)OC(=O)CBr.COc1cc(C)c(S(=O)(=O)N2c3ccccc3CC[C@H]2COCC(=O)OC(C)(C)C)c(C)c1. The number of para-hydroxylation sites is 1. The number of sulfonamides is 1. The van der Waals surface area contributed by atoms with Gasteiger partial charge >= 0.3 is 11.9 Å². The summed E-state index contributed by atoms with van der Waals surface area (Å²) in [6, 6.07) is 10.5. The second-order valence-corrected chi connectivity index (χ2v) is 14.3. The first-order valence-corrected chi connectivity index (χ1v) is 16.3. The van der Waals surface area contributed by atoms with Gasteiger partial charge in [-0.1, -0.05) is 34.1 Å². The highest BCUT2D eigenvalue weighted by Crippen LogP contribution is 2.38. The number of ether oxygens (including phenoxy) is 4. The summed E-state index contributed by atoms with van der Waals surface area (Å²) < 4.78 is 50.7. The highest BCUT2D eigenvalue weighted by molar-refractivity contribution is 9.09. The second kappa shape index (κ2) is 14.7. The van der Waals surface area contributed by atoms with Crippen molar-refractivity contribution in [2.75, 3.05) is 30.0 Å². The number of esters is 2. The van der Waals surface area contributed by atoms with E-state index in [1.54, 1.807) is 53.9 Å². The quantitative estimate of drug-likeness (QED) is 0.252. The Morgan fingerprint density at radius 2 is 1.50 bits per heavy atom. The first-order valence-electron chi connectivity index (χ1n) is 13.7. The van der Waals surface area contributed by atoms with Crippen molar-refractivity contribution in [2.24, 2.45) is 0 Å². The molecule has 0 unspecified atom stereocenters. The number of fused-ring (bicyclic) bond motifs is 1. The van der Waals surface area contributed by atoms with Gasteiger partial charge in [0.25, 0.3) is 10.0 Å². The summed E-state index contributed by atoms with van der Waals surface area (Å²) in [6.07, 6.45) is 1.31. The van der Waals surface area contributed by atoms with Crippen LogP contribution in [0.15, 0.2) is 41.3 Å². The molecular weight excluding hydrogens is 626 g/mol. The molecule has 0 fully saturated rings. The summed E-state index contributed by atoms with van der Waals surface area (Å²) in [5.41, 5.74) is 1.87. The van der Waals surface area contributed by atoms with E-state index in [4.69, 9.17) is 18.9 Å². The van der Waals surface area contributed by atoms with Crippen molar-refractivity contribution in [1.82, 2.24) is 0 Å². The van der Waals surface area contributed by atoms with Crippen LogP contribution in [0.2, 0.25) is 0 Å². The summed E-state index contributed by atoms with van der Waals surface area (Å²) in [5, 5.41) is 0.268. The Morgan fingerprint density at radius 1 is 0.952 bits per heavy atom. The summed E-state index contributed by atoms with van der Waals surface area (Å²) in [7, 11) is -2.35. The van der Waals surface area contributed by atoms with Crippen LogP contribution in [-0.2, 0) is 40.2 Å². The smallest absolute Gasteiger partial charge is 0.332 e. The number of carbonyl (C=O) groups is 2. The minimum absolute atomic E-state index is 0.0844. The molecule has 0 spiro atoms. The van der Waals surface area contributed by atoms with Crippen LogP contribution >= 0.6 is 15.9 Å². The molecule has 1 atom stereocenters. The summed E-state index contributed by atoms with van der Waals surface area (Å²) in [4.78, 5) is 22.9. The van der Waals surface area contributed by atoms with Gasteiger partial charge in [0.15, 0.2) is 0 Å². The lowest BCUT2D eigenvalue weighted by Crippen LogP contribution is -2.46. The average molecular weight is 671 g/mol. The van der Waals surface area contributed by atoms with Crippen molar-refractivity contribution in [3.63, 3.8) is 0 Å². The van der Waals surface area contributed by atoms with E-state index in [-0.39, 0.29) is 35.0 Å². The molecule has 42 heavy (non-hydrogen) atoms. The Balaban J connectivity index is 0.000000592. The third-order valence-corrected chi connectivity index (χ3v) is 8.60. The molecule has 1 aliphatic heterocycles. The highest BCUT2D eigenvalue weighted by Gasteiger charge is 2.38. The van der Waals surface area contributed by atoms with Gasteiger partial charge in [-0.3, -0.25) is 9.10 Å². The topological polar surface area (TPSA) is 108 Å². The Kier molecular flexibility index (Phi) is 12.5. The van der Waals surface area contributed by atoms with Gasteiger partial charge in [-0.15, -0.1) is 0 Å². The van der Waals surface area contributed by atoms with E-state index in [2.05, 4.69) is 15.9 Å². The fourth-order valence-corrected chi connectivity index (χ4v) is 6.84. The standard InChI is InChI=1S/C25H33NO6S.C6H11BrO2/c1-17-13-21(30-6)14-18(2)24(17)33(28,29)26-20(12-11-19-9-7-8-10-22(19)26)15-31-16-23(27)32-25(3,4)5;1-6(2,3)9-5(8)4-7/h7-10,13-14,20H,11-12,15-16H2,1-6H3;4H2,1-3H3/t20-;/m0./s1. The molecule has 0 bridgehead atoms. The number of halogens is 1. The fraction of sp³-hybridized carbons (Fsp3) is 0.548. The third kappa shape index (κ3) is 10.3. The van der Waals surface area contributed by atoms with Crippen LogP contribution in [0.5, 0.6) is 5.75 Å². The van der Waals surface area contributed by atoms with E-state index < -0.39 is 27.6 Å². The Morgan fingerprint density at radius 3 is 2.00 bits per heavy atom. The molecule has 9 nitrogen and oxygen atoms in total. The van der Waals surface area contributed by atoms with Crippen molar-refractivity contribution in [1.29, 1.82) is 0 Å². The normalized spacial score (nSPS) is 15.2. The van der Waals surface area contributed by atoms with Crippen LogP contribution < -0.4 is 9.04 Å². The van der Waals surface area contributed by atoms with Gasteiger partial charge in [-0.2, -0.15) is 0 Å². The predicted octanol–water partition coefficient (Wildman–Crippen LogP) is 5.90. The lowest BCUT2D eigenvalue weighted by Gasteiger charge is -2.38. The number of anilines is 1. The molecule has 1 aliphatic rings. The van der Waals surface area contributed by atoms with Gasteiger partial charge in [0.2, 0.25) is 0 Å². The zero-order valence-electron chi connectivity index (χ0n) is 26.1. The molecule has 0 radical (unpaired) electrons. The molecule has 0 N–H and O–H groups in total. The molecule has 0 aromatic heterocycles. The molecule has 234 valence electrons. The van der Waals surface area contributed by atoms with E-state index in [9.17, 15) is 18.0 Å². The monoisotopic (exact) mass is 669 g/mol. The van der Waals surface area contributed by atoms with Crippen LogP contribution in [0.4, 0.5) is 5.69 Å². The van der Waals surface area contributed by atoms with Gasteiger partial charge in [0.1, 0.15) is 28.9 Å². The first-order chi connectivity index (χ1) is 19.4. The minimum Gasteiger partial charge on any atom is -0.497 e. The maximum absolute atomic E-state index is 14.0.